The van der Waals surface area contributed by atoms with E-state index in [2.05, 4.69) is 10.2 Å². The van der Waals surface area contributed by atoms with Crippen molar-refractivity contribution in [2.24, 2.45) is 0 Å². The first kappa shape index (κ1) is 17.2. The molecule has 2 heterocycles. The number of fused-ring (bicyclic) bond motifs is 1. The molecule has 0 saturated carbocycles. The Morgan fingerprint density at radius 2 is 1.52 bits per heavy atom. The maximum atomic E-state index is 12.7. The number of hydrogen-bond acceptors (Lipinski definition) is 6. The highest BCUT2D eigenvalue weighted by molar-refractivity contribution is 7.99. The Morgan fingerprint density at radius 1 is 0.926 bits per heavy atom. The number of hydrogen-bond donors (Lipinski definition) is 0. The van der Waals surface area contributed by atoms with Crippen molar-refractivity contribution in [2.75, 3.05) is 10.8 Å². The second-order valence-corrected chi connectivity index (χ2v) is 6.83. The summed E-state index contributed by atoms with van der Waals surface area (Å²) in [6, 6.07) is 15.5. The van der Waals surface area contributed by atoms with Gasteiger partial charge in [0.25, 0.3) is 11.8 Å². The SMILES string of the molecule is Cc1nnc(SCC(=O)c2ccccc2)n1N1C(=O)c2ccccc2C1=O. The summed E-state index contributed by atoms with van der Waals surface area (Å²) in [7, 11) is 0. The van der Waals surface area contributed by atoms with Gasteiger partial charge in [-0.25, -0.2) is 4.68 Å². The number of aromatic nitrogens is 3. The largest absolute Gasteiger partial charge is 0.293 e. The first-order chi connectivity index (χ1) is 13.1. The van der Waals surface area contributed by atoms with Crippen molar-refractivity contribution in [3.05, 3.63) is 77.1 Å². The first-order valence-corrected chi connectivity index (χ1v) is 9.17. The predicted octanol–water partition coefficient (Wildman–Crippen LogP) is 2.49. The van der Waals surface area contributed by atoms with E-state index in [1.807, 2.05) is 6.07 Å². The minimum absolute atomic E-state index is 0.0739. The molecule has 0 unspecified atom stereocenters. The molecule has 1 aliphatic rings. The van der Waals surface area contributed by atoms with Gasteiger partial charge in [-0.1, -0.05) is 54.2 Å². The van der Waals surface area contributed by atoms with Crippen molar-refractivity contribution in [3.8, 4) is 0 Å². The highest BCUT2D eigenvalue weighted by Gasteiger charge is 2.38. The van der Waals surface area contributed by atoms with Gasteiger partial charge in [-0.2, -0.15) is 5.01 Å². The average molecular weight is 378 g/mol. The molecule has 1 aromatic heterocycles. The van der Waals surface area contributed by atoms with E-state index in [9.17, 15) is 14.4 Å². The molecule has 0 atom stereocenters. The molecule has 0 fully saturated rings. The minimum Gasteiger partial charge on any atom is -0.293 e. The lowest BCUT2D eigenvalue weighted by Crippen LogP contribution is -2.41. The topological polar surface area (TPSA) is 85.2 Å². The third-order valence-corrected chi connectivity index (χ3v) is 5.09. The Morgan fingerprint density at radius 3 is 2.15 bits per heavy atom. The Bertz CT molecular complexity index is 1030. The van der Waals surface area contributed by atoms with Crippen LogP contribution in [0.3, 0.4) is 0 Å². The number of carbonyl (C=O) groups is 3. The number of rotatable bonds is 5. The Hall–Kier alpha value is -3.26. The summed E-state index contributed by atoms with van der Waals surface area (Å²) in [6.45, 7) is 1.65. The molecule has 0 N–H and O–H groups in total. The van der Waals surface area contributed by atoms with Crippen LogP contribution in [0.15, 0.2) is 59.8 Å². The van der Waals surface area contributed by atoms with Gasteiger partial charge in [-0.3, -0.25) is 14.4 Å². The third-order valence-electron chi connectivity index (χ3n) is 4.17. The van der Waals surface area contributed by atoms with Gasteiger partial charge >= 0.3 is 0 Å². The van der Waals surface area contributed by atoms with Crippen LogP contribution in [0, 0.1) is 6.92 Å². The van der Waals surface area contributed by atoms with E-state index in [0.29, 0.717) is 27.7 Å². The molecule has 0 spiro atoms. The summed E-state index contributed by atoms with van der Waals surface area (Å²) in [6.07, 6.45) is 0. The van der Waals surface area contributed by atoms with Crippen molar-refractivity contribution in [1.82, 2.24) is 14.9 Å². The molecule has 0 bridgehead atoms. The van der Waals surface area contributed by atoms with E-state index < -0.39 is 11.8 Å². The van der Waals surface area contributed by atoms with Crippen molar-refractivity contribution in [1.29, 1.82) is 0 Å². The third kappa shape index (κ3) is 2.93. The molecule has 0 saturated heterocycles. The standard InChI is InChI=1S/C19H14N4O3S/c1-12-20-21-19(27-11-16(24)13-7-3-2-4-8-13)22(12)23-17(25)14-9-5-6-10-15(14)18(23)26/h2-10H,11H2,1H3. The number of nitrogens with zero attached hydrogens (tertiary/aromatic N) is 4. The van der Waals surface area contributed by atoms with E-state index in [-0.39, 0.29) is 11.5 Å². The Balaban J connectivity index is 1.61. The number of carbonyl (C=O) groups excluding carboxylic acids is 3. The van der Waals surface area contributed by atoms with Gasteiger partial charge in [0, 0.05) is 5.56 Å². The maximum absolute atomic E-state index is 12.7. The van der Waals surface area contributed by atoms with E-state index >= 15 is 0 Å². The van der Waals surface area contributed by atoms with Gasteiger partial charge in [0.15, 0.2) is 11.6 Å². The zero-order valence-electron chi connectivity index (χ0n) is 14.3. The quantitative estimate of drug-likeness (QED) is 0.385. The molecule has 7 nitrogen and oxygen atoms in total. The van der Waals surface area contributed by atoms with Gasteiger partial charge in [0.2, 0.25) is 5.16 Å². The van der Waals surface area contributed by atoms with E-state index in [4.69, 9.17) is 0 Å². The van der Waals surface area contributed by atoms with Crippen molar-refractivity contribution < 1.29 is 14.4 Å². The summed E-state index contributed by atoms with van der Waals surface area (Å²) < 4.78 is 1.37. The van der Waals surface area contributed by atoms with Crippen LogP contribution in [0.1, 0.15) is 36.9 Å². The number of amides is 2. The first-order valence-electron chi connectivity index (χ1n) is 8.19. The zero-order valence-corrected chi connectivity index (χ0v) is 15.1. The lowest BCUT2D eigenvalue weighted by Gasteiger charge is -2.17. The van der Waals surface area contributed by atoms with E-state index in [1.165, 1.54) is 4.68 Å². The van der Waals surface area contributed by atoms with Crippen molar-refractivity contribution >= 4 is 29.4 Å². The number of imide groups is 1. The molecule has 0 radical (unpaired) electrons. The molecule has 0 aliphatic carbocycles. The van der Waals surface area contributed by atoms with E-state index in [1.54, 1.807) is 55.5 Å². The van der Waals surface area contributed by atoms with Crippen LogP contribution in [0.5, 0.6) is 0 Å². The van der Waals surface area contributed by atoms with Gasteiger partial charge in [0.05, 0.1) is 16.9 Å². The molecule has 8 heteroatoms. The molecule has 2 amide bonds. The monoisotopic (exact) mass is 378 g/mol. The van der Waals surface area contributed by atoms with Gasteiger partial charge < -0.3 is 0 Å². The molecule has 2 aromatic carbocycles. The number of thioether (sulfide) groups is 1. The van der Waals surface area contributed by atoms with Crippen LogP contribution in [-0.2, 0) is 0 Å². The van der Waals surface area contributed by atoms with Gasteiger partial charge in [0.1, 0.15) is 0 Å². The second-order valence-electron chi connectivity index (χ2n) is 5.89. The summed E-state index contributed by atoms with van der Waals surface area (Å²) in [5.74, 6) is -0.440. The molecule has 1 aliphatic heterocycles. The maximum Gasteiger partial charge on any atom is 0.281 e. The Kier molecular flexibility index (Phi) is 4.33. The number of benzene rings is 2. The highest BCUT2D eigenvalue weighted by atomic mass is 32.2. The van der Waals surface area contributed by atoms with Gasteiger partial charge in [-0.05, 0) is 19.1 Å². The van der Waals surface area contributed by atoms with Crippen LogP contribution in [0.25, 0.3) is 0 Å². The molecule has 4 rings (SSSR count). The fraction of sp³-hybridized carbons (Fsp3) is 0.105. The molecule has 3 aromatic rings. The fourth-order valence-electron chi connectivity index (χ4n) is 2.85. The summed E-state index contributed by atoms with van der Waals surface area (Å²) in [5, 5.41) is 9.35. The molecule has 27 heavy (non-hydrogen) atoms. The number of aryl methyl sites for hydroxylation is 1. The highest BCUT2D eigenvalue weighted by Crippen LogP contribution is 2.26. The van der Waals surface area contributed by atoms with Crippen LogP contribution < -0.4 is 5.01 Å². The predicted molar refractivity (Wildman–Crippen MR) is 99.6 cm³/mol. The molecular weight excluding hydrogens is 364 g/mol. The summed E-state index contributed by atoms with van der Waals surface area (Å²) in [4.78, 5) is 37.8. The van der Waals surface area contributed by atoms with Gasteiger partial charge in [-0.15, -0.1) is 10.2 Å². The normalized spacial score (nSPS) is 13.1. The Labute approximate surface area is 159 Å². The summed E-state index contributed by atoms with van der Waals surface area (Å²) in [5.41, 5.74) is 1.27. The zero-order chi connectivity index (χ0) is 19.0. The van der Waals surface area contributed by atoms with Crippen LogP contribution in [-0.4, -0.2) is 38.2 Å². The smallest absolute Gasteiger partial charge is 0.281 e. The molecular formula is C19H14N4O3S. The van der Waals surface area contributed by atoms with Crippen molar-refractivity contribution in [2.45, 2.75) is 12.1 Å². The molecule has 134 valence electrons. The minimum atomic E-state index is -0.435. The second kappa shape index (κ2) is 6.81. The van der Waals surface area contributed by atoms with Crippen LogP contribution in [0.4, 0.5) is 0 Å². The summed E-state index contributed by atoms with van der Waals surface area (Å²) >= 11 is 1.13. The van der Waals surface area contributed by atoms with E-state index in [0.717, 1.165) is 16.8 Å². The van der Waals surface area contributed by atoms with Crippen molar-refractivity contribution in [3.63, 3.8) is 0 Å². The lowest BCUT2D eigenvalue weighted by atomic mass is 10.1. The number of ketones is 1. The van der Waals surface area contributed by atoms with Crippen LogP contribution >= 0.6 is 11.8 Å². The fourth-order valence-corrected chi connectivity index (χ4v) is 3.72. The lowest BCUT2D eigenvalue weighted by molar-refractivity contribution is 0.0879. The number of Topliss-reactive ketones (excluding diaryl/α,β-unsaturated/α-hetero) is 1. The van der Waals surface area contributed by atoms with Crippen LogP contribution in [0.2, 0.25) is 0 Å². The average Bonchev–Trinajstić information content (AvgIpc) is 3.18.